The van der Waals surface area contributed by atoms with Crippen molar-refractivity contribution in [2.75, 3.05) is 56.2 Å². The maximum Gasteiger partial charge on any atom is 0.228 e. The van der Waals surface area contributed by atoms with Gasteiger partial charge in [0.1, 0.15) is 5.82 Å². The van der Waals surface area contributed by atoms with Crippen LogP contribution in [0.3, 0.4) is 0 Å². The molecule has 1 aromatic heterocycles. The molecular weight excluding hydrogens is 440 g/mol. The van der Waals surface area contributed by atoms with Crippen LogP contribution in [0.2, 0.25) is 0 Å². The smallest absolute Gasteiger partial charge is 0.228 e. The van der Waals surface area contributed by atoms with Crippen molar-refractivity contribution in [1.82, 2.24) is 9.88 Å². The number of rotatable bonds is 9. The van der Waals surface area contributed by atoms with Crippen molar-refractivity contribution in [2.24, 2.45) is 0 Å². The maximum atomic E-state index is 12.9. The van der Waals surface area contributed by atoms with Crippen molar-refractivity contribution in [3.8, 4) is 11.5 Å². The monoisotopic (exact) mass is 476 g/mol. The highest BCUT2D eigenvalue weighted by Gasteiger charge is 2.18. The van der Waals surface area contributed by atoms with Crippen molar-refractivity contribution in [3.63, 3.8) is 0 Å². The summed E-state index contributed by atoms with van der Waals surface area (Å²) < 4.78 is 11.5. The number of likely N-dealkylation sites (N-methyl/N-ethyl adjacent to an activating group) is 1. The molecule has 1 aliphatic rings. The molecule has 7 heteroatoms. The van der Waals surface area contributed by atoms with Crippen molar-refractivity contribution in [2.45, 2.75) is 34.1 Å². The maximum absolute atomic E-state index is 12.9. The zero-order chi connectivity index (χ0) is 24.8. The molecule has 0 bridgehead atoms. The number of aromatic nitrogens is 1. The number of ether oxygens (including phenoxy) is 2. The van der Waals surface area contributed by atoms with Crippen molar-refractivity contribution >= 4 is 28.3 Å². The molecule has 0 aliphatic carbocycles. The van der Waals surface area contributed by atoms with Gasteiger partial charge in [-0.25, -0.2) is 4.98 Å². The van der Waals surface area contributed by atoms with E-state index in [1.165, 1.54) is 0 Å². The van der Waals surface area contributed by atoms with Gasteiger partial charge in [0.05, 0.1) is 25.2 Å². The summed E-state index contributed by atoms with van der Waals surface area (Å²) >= 11 is 0. The number of piperazine rings is 1. The summed E-state index contributed by atoms with van der Waals surface area (Å²) in [5, 5.41) is 4.09. The number of nitrogens with zero attached hydrogens (tertiary/aromatic N) is 3. The van der Waals surface area contributed by atoms with Gasteiger partial charge in [0.25, 0.3) is 0 Å². The summed E-state index contributed by atoms with van der Waals surface area (Å²) in [6, 6.07) is 13.7. The van der Waals surface area contributed by atoms with E-state index in [0.29, 0.717) is 24.7 Å². The predicted molar refractivity (Wildman–Crippen MR) is 142 cm³/mol. The molecule has 2 heterocycles. The third-order valence-electron chi connectivity index (χ3n) is 6.43. The number of fused-ring (bicyclic) bond motifs is 1. The number of aryl methyl sites for hydroxylation is 1. The molecular formula is C28H36N4O3. The van der Waals surface area contributed by atoms with E-state index in [4.69, 9.17) is 14.5 Å². The van der Waals surface area contributed by atoms with Gasteiger partial charge in [-0.3, -0.25) is 4.79 Å². The Balaban J connectivity index is 1.49. The summed E-state index contributed by atoms with van der Waals surface area (Å²) in [5.74, 6) is 2.23. The van der Waals surface area contributed by atoms with Gasteiger partial charge in [0.15, 0.2) is 11.5 Å². The molecule has 1 aliphatic heterocycles. The molecule has 7 nitrogen and oxygen atoms in total. The van der Waals surface area contributed by atoms with Crippen molar-refractivity contribution < 1.29 is 14.3 Å². The first-order valence-corrected chi connectivity index (χ1v) is 12.6. The average Bonchev–Trinajstić information content (AvgIpc) is 2.86. The second-order valence-corrected chi connectivity index (χ2v) is 8.79. The molecule has 1 N–H and O–H groups in total. The topological polar surface area (TPSA) is 66.9 Å². The largest absolute Gasteiger partial charge is 0.490 e. The Labute approximate surface area is 208 Å². The fourth-order valence-electron chi connectivity index (χ4n) is 4.57. The molecule has 0 saturated carbocycles. The fraction of sp³-hybridized carbons (Fsp3) is 0.429. The summed E-state index contributed by atoms with van der Waals surface area (Å²) in [7, 11) is 0. The van der Waals surface area contributed by atoms with Crippen LogP contribution in [-0.4, -0.2) is 61.7 Å². The number of carbonyl (C=O) groups is 1. The molecule has 0 spiro atoms. The Hall–Kier alpha value is -3.32. The molecule has 1 amide bonds. The van der Waals surface area contributed by atoms with E-state index < -0.39 is 0 Å². The van der Waals surface area contributed by atoms with E-state index in [0.717, 1.165) is 66.3 Å². The highest BCUT2D eigenvalue weighted by molar-refractivity contribution is 5.96. The highest BCUT2D eigenvalue weighted by atomic mass is 16.5. The van der Waals surface area contributed by atoms with Crippen LogP contribution in [0.5, 0.6) is 11.5 Å². The Bertz CT molecular complexity index is 1170. The molecule has 1 fully saturated rings. The van der Waals surface area contributed by atoms with Crippen LogP contribution in [0.1, 0.15) is 31.9 Å². The van der Waals surface area contributed by atoms with Gasteiger partial charge in [-0.05, 0) is 63.2 Å². The van der Waals surface area contributed by atoms with Gasteiger partial charge >= 0.3 is 0 Å². The van der Waals surface area contributed by atoms with E-state index in [9.17, 15) is 4.79 Å². The standard InChI is InChI=1S/C28H36N4O3/c1-5-31-13-15-32(16-14-31)26-17-20(4)23-19-22(11-12-24(23)30-26)29-27(33)18-21-9-8-10-25(34-6-2)28(21)35-7-3/h8-12,17,19H,5-7,13-16,18H2,1-4H3,(H,29,33). The normalized spacial score (nSPS) is 14.2. The lowest BCUT2D eigenvalue weighted by molar-refractivity contribution is -0.115. The zero-order valence-corrected chi connectivity index (χ0v) is 21.3. The number of pyridine rings is 1. The first-order valence-electron chi connectivity index (χ1n) is 12.6. The summed E-state index contributed by atoms with van der Waals surface area (Å²) in [4.78, 5) is 22.7. The Morgan fingerprint density at radius 1 is 1.00 bits per heavy atom. The number of carbonyl (C=O) groups excluding carboxylic acids is 1. The number of amides is 1. The SMILES string of the molecule is CCOc1cccc(CC(=O)Nc2ccc3nc(N4CCN(CC)CC4)cc(C)c3c2)c1OCC. The third kappa shape index (κ3) is 5.85. The van der Waals surface area contributed by atoms with Crippen molar-refractivity contribution in [1.29, 1.82) is 0 Å². The second-order valence-electron chi connectivity index (χ2n) is 8.79. The van der Waals surface area contributed by atoms with Gasteiger partial charge in [0, 0.05) is 42.8 Å². The number of hydrogen-bond donors (Lipinski definition) is 1. The quantitative estimate of drug-likeness (QED) is 0.484. The minimum absolute atomic E-state index is 0.102. The van der Waals surface area contributed by atoms with Crippen LogP contribution < -0.4 is 19.7 Å². The van der Waals surface area contributed by atoms with Gasteiger partial charge < -0.3 is 24.6 Å². The number of anilines is 2. The third-order valence-corrected chi connectivity index (χ3v) is 6.43. The number of nitrogens with one attached hydrogen (secondary N) is 1. The minimum atomic E-state index is -0.102. The van der Waals surface area contributed by atoms with E-state index in [1.54, 1.807) is 0 Å². The summed E-state index contributed by atoms with van der Waals surface area (Å²) in [5.41, 5.74) is 3.67. The first kappa shape index (κ1) is 24.8. The van der Waals surface area contributed by atoms with Gasteiger partial charge in [0.2, 0.25) is 5.91 Å². The second kappa shape index (κ2) is 11.4. The first-order chi connectivity index (χ1) is 17.0. The van der Waals surface area contributed by atoms with E-state index in [1.807, 2.05) is 50.2 Å². The molecule has 4 rings (SSSR count). The Morgan fingerprint density at radius 2 is 1.77 bits per heavy atom. The summed E-state index contributed by atoms with van der Waals surface area (Å²) in [6.07, 6.45) is 0.203. The molecule has 0 atom stereocenters. The van der Waals surface area contributed by atoms with Crippen LogP contribution in [-0.2, 0) is 11.2 Å². The molecule has 0 unspecified atom stereocenters. The molecule has 3 aromatic rings. The Morgan fingerprint density at radius 3 is 2.49 bits per heavy atom. The van der Waals surface area contributed by atoms with Crippen molar-refractivity contribution in [3.05, 3.63) is 53.6 Å². The van der Waals surface area contributed by atoms with Crippen LogP contribution in [0.4, 0.5) is 11.5 Å². The van der Waals surface area contributed by atoms with E-state index in [-0.39, 0.29) is 12.3 Å². The number of para-hydroxylation sites is 1. The summed E-state index contributed by atoms with van der Waals surface area (Å²) in [6.45, 7) is 14.4. The molecule has 35 heavy (non-hydrogen) atoms. The van der Waals surface area contributed by atoms with Crippen LogP contribution in [0, 0.1) is 6.92 Å². The van der Waals surface area contributed by atoms with Crippen LogP contribution >= 0.6 is 0 Å². The predicted octanol–water partition coefficient (Wildman–Crippen LogP) is 4.66. The van der Waals surface area contributed by atoms with E-state index >= 15 is 0 Å². The van der Waals surface area contributed by atoms with E-state index in [2.05, 4.69) is 35.0 Å². The lowest BCUT2D eigenvalue weighted by Gasteiger charge is -2.35. The lowest BCUT2D eigenvalue weighted by atomic mass is 10.1. The minimum Gasteiger partial charge on any atom is -0.490 e. The molecule has 2 aromatic carbocycles. The zero-order valence-electron chi connectivity index (χ0n) is 21.3. The van der Waals surface area contributed by atoms with Gasteiger partial charge in [-0.15, -0.1) is 0 Å². The fourth-order valence-corrected chi connectivity index (χ4v) is 4.57. The number of benzene rings is 2. The number of hydrogen-bond acceptors (Lipinski definition) is 6. The average molecular weight is 477 g/mol. The van der Waals surface area contributed by atoms with Gasteiger partial charge in [-0.2, -0.15) is 0 Å². The van der Waals surface area contributed by atoms with Crippen LogP contribution in [0.15, 0.2) is 42.5 Å². The van der Waals surface area contributed by atoms with Crippen LogP contribution in [0.25, 0.3) is 10.9 Å². The highest BCUT2D eigenvalue weighted by Crippen LogP contribution is 2.32. The molecule has 0 radical (unpaired) electrons. The molecule has 186 valence electrons. The Kier molecular flexibility index (Phi) is 8.08. The lowest BCUT2D eigenvalue weighted by Crippen LogP contribution is -2.46. The van der Waals surface area contributed by atoms with Gasteiger partial charge in [-0.1, -0.05) is 19.1 Å². The molecule has 1 saturated heterocycles.